The number of benzene rings is 1. The number of carbonyl (C=O) groups is 1. The zero-order chi connectivity index (χ0) is 12.8. The Bertz CT molecular complexity index is 544. The van der Waals surface area contributed by atoms with Gasteiger partial charge in [-0.05, 0) is 35.9 Å². The summed E-state index contributed by atoms with van der Waals surface area (Å²) in [5, 5.41) is 0. The zero-order valence-corrected chi connectivity index (χ0v) is 10.0. The van der Waals surface area contributed by atoms with Crippen LogP contribution >= 0.6 is 0 Å². The smallest absolute Gasteiger partial charge is 0.308 e. The van der Waals surface area contributed by atoms with Crippen LogP contribution in [0.15, 0.2) is 48.7 Å². The number of hydrogen-bond acceptors (Lipinski definition) is 3. The van der Waals surface area contributed by atoms with E-state index in [2.05, 4.69) is 4.98 Å². The van der Waals surface area contributed by atoms with Crippen molar-refractivity contribution in [2.75, 3.05) is 0 Å². The molecule has 0 spiro atoms. The molecule has 2 aromatic rings. The zero-order valence-electron chi connectivity index (χ0n) is 10.0. The molecule has 0 saturated heterocycles. The van der Waals surface area contributed by atoms with Crippen molar-refractivity contribution < 1.29 is 9.53 Å². The van der Waals surface area contributed by atoms with Crippen molar-refractivity contribution in [1.82, 2.24) is 4.98 Å². The van der Waals surface area contributed by atoms with E-state index in [1.54, 1.807) is 18.3 Å². The van der Waals surface area contributed by atoms with Crippen molar-refractivity contribution in [2.45, 2.75) is 6.92 Å². The molecule has 0 atom stereocenters. The lowest BCUT2D eigenvalue weighted by atomic mass is 10.2. The fourth-order valence-corrected chi connectivity index (χ4v) is 1.47. The van der Waals surface area contributed by atoms with Gasteiger partial charge in [-0.3, -0.25) is 9.78 Å². The predicted octanol–water partition coefficient (Wildman–Crippen LogP) is 3.18. The molecular weight excluding hydrogens is 226 g/mol. The number of ether oxygens (including phenoxy) is 1. The molecular formula is C15H13NO2. The topological polar surface area (TPSA) is 39.2 Å². The molecule has 2 rings (SSSR count). The van der Waals surface area contributed by atoms with Gasteiger partial charge in [0.2, 0.25) is 0 Å². The third-order valence-corrected chi connectivity index (χ3v) is 2.28. The molecule has 3 nitrogen and oxygen atoms in total. The van der Waals surface area contributed by atoms with E-state index in [9.17, 15) is 4.79 Å². The minimum absolute atomic E-state index is 0.313. The maximum absolute atomic E-state index is 10.8. The average Bonchev–Trinajstić information content (AvgIpc) is 2.38. The first-order valence-electron chi connectivity index (χ1n) is 5.61. The summed E-state index contributed by atoms with van der Waals surface area (Å²) in [4.78, 5) is 15.0. The molecule has 0 saturated carbocycles. The number of rotatable bonds is 3. The van der Waals surface area contributed by atoms with Gasteiger partial charge in [0.15, 0.2) is 0 Å². The van der Waals surface area contributed by atoms with E-state index < -0.39 is 0 Å². The van der Waals surface area contributed by atoms with Crippen LogP contribution in [0.5, 0.6) is 5.75 Å². The Morgan fingerprint density at radius 3 is 2.50 bits per heavy atom. The summed E-state index contributed by atoms with van der Waals surface area (Å²) < 4.78 is 4.96. The fourth-order valence-electron chi connectivity index (χ4n) is 1.47. The molecule has 0 unspecified atom stereocenters. The maximum atomic E-state index is 10.8. The van der Waals surface area contributed by atoms with Gasteiger partial charge in [0.25, 0.3) is 0 Å². The van der Waals surface area contributed by atoms with Crippen LogP contribution < -0.4 is 4.74 Å². The molecule has 0 bridgehead atoms. The first-order chi connectivity index (χ1) is 8.74. The van der Waals surface area contributed by atoms with E-state index >= 15 is 0 Å². The molecule has 3 heteroatoms. The minimum atomic E-state index is -0.313. The normalized spacial score (nSPS) is 10.5. The minimum Gasteiger partial charge on any atom is -0.427 e. The molecule has 0 N–H and O–H groups in total. The second-order valence-electron chi connectivity index (χ2n) is 3.75. The summed E-state index contributed by atoms with van der Waals surface area (Å²) in [6, 6.07) is 13.1. The average molecular weight is 239 g/mol. The molecule has 1 heterocycles. The van der Waals surface area contributed by atoms with E-state index in [0.29, 0.717) is 5.75 Å². The standard InChI is InChI=1S/C15H13NO2/c1-12(17)18-15-9-6-13(7-10-15)5-8-14-4-2-3-11-16-14/h2-11H,1H3. The second kappa shape index (κ2) is 5.77. The predicted molar refractivity (Wildman–Crippen MR) is 70.9 cm³/mol. The lowest BCUT2D eigenvalue weighted by Gasteiger charge is -2.00. The van der Waals surface area contributed by atoms with E-state index in [4.69, 9.17) is 4.74 Å². The summed E-state index contributed by atoms with van der Waals surface area (Å²) in [6.45, 7) is 1.38. The van der Waals surface area contributed by atoms with Crippen LogP contribution in [0.4, 0.5) is 0 Å². The number of pyridine rings is 1. The molecule has 18 heavy (non-hydrogen) atoms. The maximum Gasteiger partial charge on any atom is 0.308 e. The van der Waals surface area contributed by atoms with Gasteiger partial charge in [-0.1, -0.05) is 24.3 Å². The Morgan fingerprint density at radius 2 is 1.89 bits per heavy atom. The SMILES string of the molecule is CC(=O)Oc1ccc(C=Cc2ccccn2)cc1. The molecule has 90 valence electrons. The summed E-state index contributed by atoms with van der Waals surface area (Å²) in [5.74, 6) is 0.240. The van der Waals surface area contributed by atoms with Gasteiger partial charge in [0.05, 0.1) is 5.69 Å². The third kappa shape index (κ3) is 3.56. The molecule has 0 amide bonds. The summed E-state index contributed by atoms with van der Waals surface area (Å²) in [5.41, 5.74) is 1.93. The van der Waals surface area contributed by atoms with Gasteiger partial charge in [0.1, 0.15) is 5.75 Å². The van der Waals surface area contributed by atoms with Crippen molar-refractivity contribution in [2.24, 2.45) is 0 Å². The van der Waals surface area contributed by atoms with Crippen LogP contribution in [0.25, 0.3) is 12.2 Å². The summed E-state index contributed by atoms with van der Waals surface area (Å²) in [6.07, 6.45) is 5.64. The van der Waals surface area contributed by atoms with Crippen molar-refractivity contribution in [3.05, 3.63) is 59.9 Å². The van der Waals surface area contributed by atoms with Crippen LogP contribution in [-0.2, 0) is 4.79 Å². The van der Waals surface area contributed by atoms with Gasteiger partial charge in [-0.25, -0.2) is 0 Å². The van der Waals surface area contributed by atoms with Gasteiger partial charge >= 0.3 is 5.97 Å². The van der Waals surface area contributed by atoms with Crippen molar-refractivity contribution in [3.63, 3.8) is 0 Å². The number of nitrogens with zero attached hydrogens (tertiary/aromatic N) is 1. The third-order valence-electron chi connectivity index (χ3n) is 2.28. The Hall–Kier alpha value is -2.42. The van der Waals surface area contributed by atoms with Gasteiger partial charge in [0, 0.05) is 13.1 Å². The first-order valence-corrected chi connectivity index (χ1v) is 5.61. The molecule has 0 aliphatic rings. The van der Waals surface area contributed by atoms with E-state index in [-0.39, 0.29) is 5.97 Å². The molecule has 1 aromatic carbocycles. The van der Waals surface area contributed by atoms with Crippen molar-refractivity contribution >= 4 is 18.1 Å². The number of aromatic nitrogens is 1. The first kappa shape index (κ1) is 12.0. The van der Waals surface area contributed by atoms with Crippen LogP contribution in [-0.4, -0.2) is 11.0 Å². The highest BCUT2D eigenvalue weighted by Gasteiger charge is 1.96. The van der Waals surface area contributed by atoms with E-state index in [1.165, 1.54) is 6.92 Å². The van der Waals surface area contributed by atoms with Crippen LogP contribution in [0.2, 0.25) is 0 Å². The molecule has 0 radical (unpaired) electrons. The Kier molecular flexibility index (Phi) is 3.86. The van der Waals surface area contributed by atoms with Crippen LogP contribution in [0.1, 0.15) is 18.2 Å². The molecule has 0 aliphatic heterocycles. The highest BCUT2D eigenvalue weighted by Crippen LogP contribution is 2.14. The van der Waals surface area contributed by atoms with Crippen LogP contribution in [0.3, 0.4) is 0 Å². The van der Waals surface area contributed by atoms with Crippen molar-refractivity contribution in [1.29, 1.82) is 0 Å². The highest BCUT2D eigenvalue weighted by atomic mass is 16.5. The second-order valence-corrected chi connectivity index (χ2v) is 3.75. The van der Waals surface area contributed by atoms with E-state index in [1.807, 2.05) is 42.5 Å². The summed E-state index contributed by atoms with van der Waals surface area (Å²) in [7, 11) is 0. The molecule has 0 fully saturated rings. The quantitative estimate of drug-likeness (QED) is 0.610. The lowest BCUT2D eigenvalue weighted by Crippen LogP contribution is -2.00. The van der Waals surface area contributed by atoms with Crippen LogP contribution in [0, 0.1) is 0 Å². The lowest BCUT2D eigenvalue weighted by molar-refractivity contribution is -0.131. The van der Waals surface area contributed by atoms with Gasteiger partial charge < -0.3 is 4.74 Å². The molecule has 0 aliphatic carbocycles. The number of esters is 1. The monoisotopic (exact) mass is 239 g/mol. The highest BCUT2D eigenvalue weighted by molar-refractivity contribution is 5.70. The molecule has 1 aromatic heterocycles. The van der Waals surface area contributed by atoms with Gasteiger partial charge in [-0.2, -0.15) is 0 Å². The Morgan fingerprint density at radius 1 is 1.11 bits per heavy atom. The fraction of sp³-hybridized carbons (Fsp3) is 0.0667. The number of hydrogen-bond donors (Lipinski definition) is 0. The van der Waals surface area contributed by atoms with E-state index in [0.717, 1.165) is 11.3 Å². The summed E-state index contributed by atoms with van der Waals surface area (Å²) >= 11 is 0. The van der Waals surface area contributed by atoms with Gasteiger partial charge in [-0.15, -0.1) is 0 Å². The van der Waals surface area contributed by atoms with Crippen molar-refractivity contribution in [3.8, 4) is 5.75 Å². The number of carbonyl (C=O) groups excluding carboxylic acids is 1. The Labute approximate surface area is 106 Å². The Balaban J connectivity index is 2.06. The largest absolute Gasteiger partial charge is 0.427 e.